The van der Waals surface area contributed by atoms with Gasteiger partial charge in [-0.05, 0) is 36.1 Å². The van der Waals surface area contributed by atoms with Crippen molar-refractivity contribution in [2.45, 2.75) is 26.2 Å². The van der Waals surface area contributed by atoms with Crippen molar-refractivity contribution >= 4 is 17.0 Å². The van der Waals surface area contributed by atoms with Crippen molar-refractivity contribution < 1.29 is 14.1 Å². The number of carbonyl (C=O) groups is 1. The maximum Gasteiger partial charge on any atom is 0.257 e. The fraction of sp³-hybridized carbons (Fsp3) is 0.316. The standard InChI is InChI=1S/C19H21N3O3/c1-12(2)17-16-10-14(11-21-19(16)25-22-17)18(23)20-9-8-13-4-6-15(24-3)7-5-13/h4-7,10-12H,8-9H2,1-3H3,(H,20,23). The Morgan fingerprint density at radius 2 is 2.04 bits per heavy atom. The molecule has 0 fully saturated rings. The van der Waals surface area contributed by atoms with Crippen molar-refractivity contribution in [3.8, 4) is 5.75 Å². The van der Waals surface area contributed by atoms with Crippen molar-refractivity contribution in [1.29, 1.82) is 0 Å². The molecule has 2 aromatic heterocycles. The summed E-state index contributed by atoms with van der Waals surface area (Å²) < 4.78 is 10.3. The van der Waals surface area contributed by atoms with Gasteiger partial charge in [-0.1, -0.05) is 31.1 Å². The Hall–Kier alpha value is -2.89. The number of rotatable bonds is 6. The highest BCUT2D eigenvalue weighted by molar-refractivity contribution is 5.97. The maximum atomic E-state index is 12.4. The van der Waals surface area contributed by atoms with Crippen molar-refractivity contribution in [3.63, 3.8) is 0 Å². The van der Waals surface area contributed by atoms with Crippen molar-refractivity contribution in [1.82, 2.24) is 15.5 Å². The predicted octanol–water partition coefficient (Wildman–Crippen LogP) is 3.33. The van der Waals surface area contributed by atoms with Gasteiger partial charge in [0, 0.05) is 12.7 Å². The summed E-state index contributed by atoms with van der Waals surface area (Å²) in [6, 6.07) is 9.59. The summed E-state index contributed by atoms with van der Waals surface area (Å²) in [5.41, 5.74) is 2.91. The van der Waals surface area contributed by atoms with Crippen LogP contribution in [0.2, 0.25) is 0 Å². The lowest BCUT2D eigenvalue weighted by atomic mass is 10.1. The lowest BCUT2D eigenvalue weighted by Crippen LogP contribution is -2.25. The van der Waals surface area contributed by atoms with Gasteiger partial charge in [0.1, 0.15) is 5.75 Å². The van der Waals surface area contributed by atoms with Crippen molar-refractivity contribution in [2.75, 3.05) is 13.7 Å². The summed E-state index contributed by atoms with van der Waals surface area (Å²) in [5.74, 6) is 0.872. The quantitative estimate of drug-likeness (QED) is 0.745. The van der Waals surface area contributed by atoms with Crippen LogP contribution < -0.4 is 10.1 Å². The monoisotopic (exact) mass is 339 g/mol. The molecule has 0 atom stereocenters. The van der Waals surface area contributed by atoms with Gasteiger partial charge in [0.25, 0.3) is 11.6 Å². The van der Waals surface area contributed by atoms with Gasteiger partial charge in [-0.2, -0.15) is 0 Å². The Morgan fingerprint density at radius 3 is 2.72 bits per heavy atom. The molecular weight excluding hydrogens is 318 g/mol. The van der Waals surface area contributed by atoms with E-state index in [1.807, 2.05) is 38.1 Å². The Balaban J connectivity index is 1.64. The van der Waals surface area contributed by atoms with E-state index in [4.69, 9.17) is 9.26 Å². The molecule has 0 saturated heterocycles. The molecule has 0 unspecified atom stereocenters. The van der Waals surface area contributed by atoms with Crippen LogP contribution in [0.3, 0.4) is 0 Å². The molecule has 1 N–H and O–H groups in total. The van der Waals surface area contributed by atoms with Crippen LogP contribution in [-0.4, -0.2) is 29.7 Å². The number of aromatic nitrogens is 2. The van der Waals surface area contributed by atoms with Gasteiger partial charge in [-0.25, -0.2) is 4.98 Å². The van der Waals surface area contributed by atoms with Crippen LogP contribution in [0, 0.1) is 0 Å². The zero-order chi connectivity index (χ0) is 17.8. The highest BCUT2D eigenvalue weighted by atomic mass is 16.5. The van der Waals surface area contributed by atoms with Gasteiger partial charge >= 0.3 is 0 Å². The van der Waals surface area contributed by atoms with Gasteiger partial charge < -0.3 is 14.6 Å². The van der Waals surface area contributed by atoms with E-state index in [0.29, 0.717) is 17.8 Å². The number of hydrogen-bond acceptors (Lipinski definition) is 5. The summed E-state index contributed by atoms with van der Waals surface area (Å²) in [6.45, 7) is 4.60. The SMILES string of the molecule is COc1ccc(CCNC(=O)c2cnc3onc(C(C)C)c3c2)cc1. The van der Waals surface area contributed by atoms with Crippen LogP contribution in [-0.2, 0) is 6.42 Å². The Bertz CT molecular complexity index is 869. The third-order valence-electron chi connectivity index (χ3n) is 4.02. The van der Waals surface area contributed by atoms with E-state index < -0.39 is 0 Å². The van der Waals surface area contributed by atoms with E-state index in [9.17, 15) is 4.79 Å². The lowest BCUT2D eigenvalue weighted by molar-refractivity contribution is 0.0954. The van der Waals surface area contributed by atoms with Crippen LogP contribution in [0.5, 0.6) is 5.75 Å². The topological polar surface area (TPSA) is 77.2 Å². The Morgan fingerprint density at radius 1 is 1.28 bits per heavy atom. The number of nitrogens with zero attached hydrogens (tertiary/aromatic N) is 2. The van der Waals surface area contributed by atoms with Gasteiger partial charge in [0.15, 0.2) is 0 Å². The van der Waals surface area contributed by atoms with E-state index in [1.54, 1.807) is 13.2 Å². The highest BCUT2D eigenvalue weighted by Crippen LogP contribution is 2.24. The van der Waals surface area contributed by atoms with E-state index in [2.05, 4.69) is 15.5 Å². The molecule has 3 aromatic rings. The molecule has 25 heavy (non-hydrogen) atoms. The number of amides is 1. The van der Waals surface area contributed by atoms with Crippen LogP contribution >= 0.6 is 0 Å². The van der Waals surface area contributed by atoms with Crippen molar-refractivity contribution in [2.24, 2.45) is 0 Å². The molecule has 2 heterocycles. The van der Waals surface area contributed by atoms with Crippen LogP contribution in [0.1, 0.15) is 41.4 Å². The summed E-state index contributed by atoms with van der Waals surface area (Å²) in [4.78, 5) is 16.5. The van der Waals surface area contributed by atoms with Gasteiger partial charge in [0.05, 0.1) is 23.8 Å². The fourth-order valence-corrected chi connectivity index (χ4v) is 2.61. The number of pyridine rings is 1. The summed E-state index contributed by atoms with van der Waals surface area (Å²) in [6.07, 6.45) is 2.26. The molecule has 0 radical (unpaired) electrons. The first-order chi connectivity index (χ1) is 12.1. The van der Waals surface area contributed by atoms with E-state index in [1.165, 1.54) is 6.20 Å². The number of ether oxygens (including phenoxy) is 1. The molecule has 6 heteroatoms. The zero-order valence-corrected chi connectivity index (χ0v) is 14.6. The molecule has 1 amide bonds. The number of nitrogens with one attached hydrogen (secondary N) is 1. The predicted molar refractivity (Wildman–Crippen MR) is 94.9 cm³/mol. The van der Waals surface area contributed by atoms with Crippen LogP contribution in [0.15, 0.2) is 41.1 Å². The second-order valence-electron chi connectivity index (χ2n) is 6.15. The minimum absolute atomic E-state index is 0.154. The summed E-state index contributed by atoms with van der Waals surface area (Å²) in [5, 5.41) is 7.74. The number of benzene rings is 1. The molecule has 0 aliphatic carbocycles. The van der Waals surface area contributed by atoms with Crippen LogP contribution in [0.25, 0.3) is 11.1 Å². The molecule has 6 nitrogen and oxygen atoms in total. The molecule has 3 rings (SSSR count). The van der Waals surface area contributed by atoms with Crippen molar-refractivity contribution in [3.05, 3.63) is 53.3 Å². The molecule has 0 aliphatic heterocycles. The largest absolute Gasteiger partial charge is 0.497 e. The number of fused-ring (bicyclic) bond motifs is 1. The fourth-order valence-electron chi connectivity index (χ4n) is 2.61. The van der Waals surface area contributed by atoms with Crippen LogP contribution in [0.4, 0.5) is 0 Å². The van der Waals surface area contributed by atoms with E-state index in [0.717, 1.165) is 28.8 Å². The minimum Gasteiger partial charge on any atom is -0.497 e. The number of methoxy groups -OCH3 is 1. The average molecular weight is 339 g/mol. The summed E-state index contributed by atoms with van der Waals surface area (Å²) in [7, 11) is 1.64. The molecule has 130 valence electrons. The first-order valence-electron chi connectivity index (χ1n) is 8.25. The first-order valence-corrected chi connectivity index (χ1v) is 8.25. The lowest BCUT2D eigenvalue weighted by Gasteiger charge is -2.06. The minimum atomic E-state index is -0.154. The second-order valence-corrected chi connectivity index (χ2v) is 6.15. The normalized spacial score (nSPS) is 11.0. The Labute approximate surface area is 146 Å². The average Bonchev–Trinajstić information content (AvgIpc) is 3.05. The van der Waals surface area contributed by atoms with Gasteiger partial charge in [-0.15, -0.1) is 0 Å². The molecule has 0 saturated carbocycles. The van der Waals surface area contributed by atoms with E-state index in [-0.39, 0.29) is 11.8 Å². The number of carbonyl (C=O) groups excluding carboxylic acids is 1. The molecule has 1 aromatic carbocycles. The third kappa shape index (κ3) is 3.79. The smallest absolute Gasteiger partial charge is 0.257 e. The molecular formula is C19H21N3O3. The molecule has 0 spiro atoms. The summed E-state index contributed by atoms with van der Waals surface area (Å²) >= 11 is 0. The van der Waals surface area contributed by atoms with Gasteiger partial charge in [0.2, 0.25) is 0 Å². The third-order valence-corrected chi connectivity index (χ3v) is 4.02. The molecule has 0 aliphatic rings. The molecule has 0 bridgehead atoms. The number of hydrogen-bond donors (Lipinski definition) is 1. The van der Waals surface area contributed by atoms with E-state index >= 15 is 0 Å². The van der Waals surface area contributed by atoms with Gasteiger partial charge in [-0.3, -0.25) is 4.79 Å². The second kappa shape index (κ2) is 7.34. The highest BCUT2D eigenvalue weighted by Gasteiger charge is 2.15. The maximum absolute atomic E-state index is 12.4. The Kier molecular flexibility index (Phi) is 4.97. The first kappa shape index (κ1) is 17.0. The zero-order valence-electron chi connectivity index (χ0n) is 14.6.